The zero-order chi connectivity index (χ0) is 31.1. The Morgan fingerprint density at radius 2 is 1.56 bits per heavy atom. The van der Waals surface area contributed by atoms with Crippen LogP contribution < -0.4 is 19.8 Å². The summed E-state index contributed by atoms with van der Waals surface area (Å²) in [7, 11) is 0.705. The van der Waals surface area contributed by atoms with E-state index in [4.69, 9.17) is 28.2 Å². The molecule has 5 rings (SSSR count). The van der Waals surface area contributed by atoms with Crippen LogP contribution in [0.25, 0.3) is 11.0 Å². The summed E-state index contributed by atoms with van der Waals surface area (Å²) in [5, 5.41) is 4.42. The average Bonchev–Trinajstić information content (AvgIpc) is 3.25. The summed E-state index contributed by atoms with van der Waals surface area (Å²) in [4.78, 5) is 9.00. The Kier molecular flexibility index (Phi) is 8.91. The molecule has 1 saturated heterocycles. The van der Waals surface area contributed by atoms with E-state index in [9.17, 15) is 17.4 Å². The first-order valence-electron chi connectivity index (χ1n) is 13.7. The topological polar surface area (TPSA) is 65.4 Å². The lowest BCUT2D eigenvalue weighted by atomic mass is 10.1. The Bertz CT molecular complexity index is 1650. The number of aryl methyl sites for hydroxylation is 1. The second-order valence-corrected chi connectivity index (χ2v) is 14.3. The van der Waals surface area contributed by atoms with Gasteiger partial charge in [0, 0.05) is 45.5 Å². The van der Waals surface area contributed by atoms with Gasteiger partial charge in [-0.1, -0.05) is 29.3 Å². The minimum Gasteiger partial charge on any atom is -0.368 e. The SMILES string of the molecule is Cn1c(Nc2cc(CNS(=O)C(C)(C)C)ccc2Cl)nc2cc(Cl)c(N3CCN(c4ccc(C(F)(F)F)cc4)CC3)cc21. The molecule has 43 heavy (non-hydrogen) atoms. The zero-order valence-corrected chi connectivity index (χ0v) is 26.6. The average molecular weight is 654 g/mol. The smallest absolute Gasteiger partial charge is 0.368 e. The van der Waals surface area contributed by atoms with Crippen molar-refractivity contribution in [3.8, 4) is 0 Å². The monoisotopic (exact) mass is 652 g/mol. The predicted octanol–water partition coefficient (Wildman–Crippen LogP) is 7.52. The number of alkyl halides is 3. The highest BCUT2D eigenvalue weighted by molar-refractivity contribution is 7.84. The molecule has 0 radical (unpaired) electrons. The molecule has 3 aromatic carbocycles. The lowest BCUT2D eigenvalue weighted by molar-refractivity contribution is -0.137. The summed E-state index contributed by atoms with van der Waals surface area (Å²) in [5.41, 5.74) is 4.17. The van der Waals surface area contributed by atoms with Crippen LogP contribution >= 0.6 is 23.2 Å². The van der Waals surface area contributed by atoms with E-state index < -0.39 is 22.7 Å². The lowest BCUT2D eigenvalue weighted by Gasteiger charge is -2.37. The third kappa shape index (κ3) is 7.06. The minimum atomic E-state index is -4.35. The summed E-state index contributed by atoms with van der Waals surface area (Å²) >= 11 is 13.2. The fraction of sp³-hybridized carbons (Fsp3) is 0.367. The number of rotatable bonds is 7. The molecule has 4 aromatic rings. The molecule has 0 aliphatic carbocycles. The maximum atomic E-state index is 12.9. The molecule has 0 bridgehead atoms. The van der Waals surface area contributed by atoms with Gasteiger partial charge in [-0.2, -0.15) is 13.2 Å². The number of nitrogens with one attached hydrogen (secondary N) is 2. The molecule has 0 amide bonds. The molecule has 1 fully saturated rings. The molecule has 1 atom stereocenters. The fourth-order valence-electron chi connectivity index (χ4n) is 4.89. The van der Waals surface area contributed by atoms with Gasteiger partial charge in [-0.15, -0.1) is 0 Å². The summed E-state index contributed by atoms with van der Waals surface area (Å²) in [6.45, 7) is 8.77. The molecule has 2 heterocycles. The van der Waals surface area contributed by atoms with Crippen molar-refractivity contribution in [1.82, 2.24) is 14.3 Å². The van der Waals surface area contributed by atoms with Crippen LogP contribution in [0.2, 0.25) is 10.0 Å². The van der Waals surface area contributed by atoms with Crippen molar-refractivity contribution in [2.75, 3.05) is 41.3 Å². The standard InChI is InChI=1S/C30H33Cl2F3N6OS/c1-29(2,3)43(42)36-18-19-5-10-22(31)24(15-19)37-28-38-25-16-23(32)26(17-27(25)39(28)4)41-13-11-40(12-14-41)21-8-6-20(7-9-21)30(33,34)35/h5-10,15-17,36H,11-14,18H2,1-4H3,(H,37,38). The van der Waals surface area contributed by atoms with Crippen molar-refractivity contribution in [1.29, 1.82) is 0 Å². The number of piperazine rings is 1. The highest BCUT2D eigenvalue weighted by atomic mass is 35.5. The first kappa shape index (κ1) is 31.4. The van der Waals surface area contributed by atoms with Crippen molar-refractivity contribution in [3.63, 3.8) is 0 Å². The number of fused-ring (bicyclic) bond motifs is 1. The second-order valence-electron chi connectivity index (χ2n) is 11.4. The molecule has 0 spiro atoms. The molecular weight excluding hydrogens is 620 g/mol. The Labute approximate surface area is 261 Å². The molecule has 1 aromatic heterocycles. The van der Waals surface area contributed by atoms with E-state index >= 15 is 0 Å². The predicted molar refractivity (Wildman–Crippen MR) is 171 cm³/mol. The Morgan fingerprint density at radius 1 is 0.907 bits per heavy atom. The molecule has 7 nitrogen and oxygen atoms in total. The number of halogens is 5. The van der Waals surface area contributed by atoms with Crippen LogP contribution in [0.5, 0.6) is 0 Å². The summed E-state index contributed by atoms with van der Waals surface area (Å²) < 4.78 is 55.9. The zero-order valence-electron chi connectivity index (χ0n) is 24.2. The van der Waals surface area contributed by atoms with Crippen LogP contribution in [0.3, 0.4) is 0 Å². The van der Waals surface area contributed by atoms with Gasteiger partial charge in [0.25, 0.3) is 0 Å². The van der Waals surface area contributed by atoms with Crippen molar-refractivity contribution in [2.45, 2.75) is 38.2 Å². The maximum absolute atomic E-state index is 12.9. The van der Waals surface area contributed by atoms with E-state index in [2.05, 4.69) is 19.8 Å². The first-order valence-corrected chi connectivity index (χ1v) is 15.7. The summed E-state index contributed by atoms with van der Waals surface area (Å²) in [6, 6.07) is 14.7. The number of hydrogen-bond acceptors (Lipinski definition) is 5. The number of benzene rings is 3. The molecule has 1 unspecified atom stereocenters. The van der Waals surface area contributed by atoms with E-state index in [1.54, 1.807) is 6.07 Å². The Morgan fingerprint density at radius 3 is 2.19 bits per heavy atom. The number of anilines is 4. The Balaban J connectivity index is 1.30. The van der Waals surface area contributed by atoms with Crippen LogP contribution in [-0.2, 0) is 30.8 Å². The van der Waals surface area contributed by atoms with Crippen molar-refractivity contribution < 1.29 is 17.4 Å². The van der Waals surface area contributed by atoms with Gasteiger partial charge in [-0.05, 0) is 74.9 Å². The molecule has 2 N–H and O–H groups in total. The van der Waals surface area contributed by atoms with Crippen molar-refractivity contribution >= 4 is 68.2 Å². The van der Waals surface area contributed by atoms with Crippen LogP contribution in [0.15, 0.2) is 54.6 Å². The number of imidazole rings is 1. The molecule has 13 heteroatoms. The minimum absolute atomic E-state index is 0.375. The van der Waals surface area contributed by atoms with Crippen LogP contribution in [0.1, 0.15) is 31.9 Å². The molecule has 230 valence electrons. The van der Waals surface area contributed by atoms with Crippen LogP contribution in [0, 0.1) is 0 Å². The second kappa shape index (κ2) is 12.2. The van der Waals surface area contributed by atoms with Crippen LogP contribution in [-0.4, -0.2) is 44.7 Å². The maximum Gasteiger partial charge on any atom is 0.416 e. The molecule has 1 aliphatic heterocycles. The highest BCUT2D eigenvalue weighted by Crippen LogP contribution is 2.35. The number of hydrogen-bond donors (Lipinski definition) is 2. The van der Waals surface area contributed by atoms with Crippen molar-refractivity contribution in [3.05, 3.63) is 75.8 Å². The molecule has 1 aliphatic rings. The van der Waals surface area contributed by atoms with Gasteiger partial charge in [-0.3, -0.25) is 0 Å². The van der Waals surface area contributed by atoms with Gasteiger partial charge in [-0.25, -0.2) is 13.9 Å². The largest absolute Gasteiger partial charge is 0.416 e. The number of aromatic nitrogens is 2. The van der Waals surface area contributed by atoms with Gasteiger partial charge in [0.2, 0.25) is 5.95 Å². The molecule has 0 saturated carbocycles. The fourth-order valence-corrected chi connectivity index (χ4v) is 6.06. The lowest BCUT2D eigenvalue weighted by Crippen LogP contribution is -2.46. The Hall–Kier alpha value is -2.99. The molecular formula is C30H33Cl2F3N6OS. The van der Waals surface area contributed by atoms with Crippen molar-refractivity contribution in [2.24, 2.45) is 7.05 Å². The van der Waals surface area contributed by atoms with Gasteiger partial charge >= 0.3 is 6.18 Å². The summed E-state index contributed by atoms with van der Waals surface area (Å²) in [6.07, 6.45) is -4.35. The van der Waals surface area contributed by atoms with E-state index in [1.807, 2.05) is 56.7 Å². The first-order chi connectivity index (χ1) is 20.2. The van der Waals surface area contributed by atoms with Gasteiger partial charge in [0.1, 0.15) is 0 Å². The summed E-state index contributed by atoms with van der Waals surface area (Å²) in [5.74, 6) is 0.584. The van der Waals surface area contributed by atoms with E-state index in [0.717, 1.165) is 40.1 Å². The van der Waals surface area contributed by atoms with Gasteiger partial charge < -0.3 is 19.7 Å². The van der Waals surface area contributed by atoms with Gasteiger partial charge in [0.05, 0.1) is 53.7 Å². The highest BCUT2D eigenvalue weighted by Gasteiger charge is 2.30. The quantitative estimate of drug-likeness (QED) is 0.216. The van der Waals surface area contributed by atoms with Gasteiger partial charge in [0.15, 0.2) is 0 Å². The third-order valence-corrected chi connectivity index (χ3v) is 9.52. The van der Waals surface area contributed by atoms with Crippen LogP contribution in [0.4, 0.5) is 36.2 Å². The number of nitrogens with zero attached hydrogens (tertiary/aromatic N) is 4. The van der Waals surface area contributed by atoms with E-state index in [0.29, 0.717) is 54.4 Å². The van der Waals surface area contributed by atoms with E-state index in [1.165, 1.54) is 12.1 Å². The normalized spacial score (nSPS) is 15.3. The third-order valence-electron chi connectivity index (χ3n) is 7.37. The van der Waals surface area contributed by atoms with E-state index in [-0.39, 0.29) is 4.75 Å².